The maximum absolute atomic E-state index is 12.5. The van der Waals surface area contributed by atoms with Gasteiger partial charge in [-0.3, -0.25) is 9.79 Å². The van der Waals surface area contributed by atoms with Crippen molar-refractivity contribution in [3.63, 3.8) is 0 Å². The molecule has 0 bridgehead atoms. The molecule has 1 rings (SSSR count). The number of amides is 1. The van der Waals surface area contributed by atoms with E-state index in [1.165, 1.54) is 0 Å². The van der Waals surface area contributed by atoms with Crippen molar-refractivity contribution in [3.8, 4) is 0 Å². The Morgan fingerprint density at radius 2 is 1.76 bits per heavy atom. The van der Waals surface area contributed by atoms with Crippen molar-refractivity contribution in [2.45, 2.75) is 32.1 Å². The fourth-order valence-corrected chi connectivity index (χ4v) is 3.53. The molecule has 0 saturated heterocycles. The number of halogens is 1. The minimum atomic E-state index is -3.14. The van der Waals surface area contributed by atoms with E-state index < -0.39 is 10.0 Å². The van der Waals surface area contributed by atoms with Crippen molar-refractivity contribution in [3.05, 3.63) is 0 Å². The zero-order valence-electron chi connectivity index (χ0n) is 15.6. The Bertz CT molecular complexity index is 545. The first-order chi connectivity index (χ1) is 11.2. The average molecular weight is 489 g/mol. The number of nitrogens with one attached hydrogen (secondary N) is 3. The number of guanidine groups is 1. The third-order valence-corrected chi connectivity index (χ3v) is 4.98. The molecule has 1 aliphatic rings. The van der Waals surface area contributed by atoms with Gasteiger partial charge in [0.1, 0.15) is 0 Å². The van der Waals surface area contributed by atoms with Gasteiger partial charge in [0.2, 0.25) is 15.9 Å². The van der Waals surface area contributed by atoms with Crippen LogP contribution in [0.2, 0.25) is 0 Å². The van der Waals surface area contributed by atoms with Gasteiger partial charge in [-0.1, -0.05) is 12.8 Å². The van der Waals surface area contributed by atoms with Crippen molar-refractivity contribution in [1.29, 1.82) is 0 Å². The number of hydrogen-bond acceptors (Lipinski definition) is 4. The van der Waals surface area contributed by atoms with Gasteiger partial charge in [-0.15, -0.1) is 24.0 Å². The first-order valence-electron chi connectivity index (χ1n) is 8.31. The number of sulfonamides is 1. The van der Waals surface area contributed by atoms with Gasteiger partial charge in [0.05, 0.1) is 11.7 Å². The summed E-state index contributed by atoms with van der Waals surface area (Å²) in [6.07, 6.45) is 5.73. The number of nitrogens with zero attached hydrogens (tertiary/aromatic N) is 2. The SMILES string of the molecule is CN=C(NCCCNS(C)(=O)=O)NCC1(C(=O)N(C)C)CCCC1.I. The molecule has 0 radical (unpaired) electrons. The predicted molar refractivity (Wildman–Crippen MR) is 112 cm³/mol. The molecule has 8 nitrogen and oxygen atoms in total. The maximum atomic E-state index is 12.5. The molecule has 0 spiro atoms. The molecular formula is C15H32IN5O3S. The highest BCUT2D eigenvalue weighted by Gasteiger charge is 2.42. The minimum Gasteiger partial charge on any atom is -0.356 e. The van der Waals surface area contributed by atoms with Crippen LogP contribution in [0.1, 0.15) is 32.1 Å². The lowest BCUT2D eigenvalue weighted by Crippen LogP contribution is -2.49. The van der Waals surface area contributed by atoms with Crippen LogP contribution < -0.4 is 15.4 Å². The van der Waals surface area contributed by atoms with Crippen LogP contribution in [0.15, 0.2) is 4.99 Å². The number of carbonyl (C=O) groups is 1. The Hall–Kier alpha value is -0.620. The van der Waals surface area contributed by atoms with Gasteiger partial charge >= 0.3 is 0 Å². The molecule has 1 fully saturated rings. The fourth-order valence-electron chi connectivity index (χ4n) is 3.02. The van der Waals surface area contributed by atoms with Crippen LogP contribution in [0.5, 0.6) is 0 Å². The zero-order valence-corrected chi connectivity index (χ0v) is 18.7. The first-order valence-corrected chi connectivity index (χ1v) is 10.2. The molecule has 0 aliphatic heterocycles. The second-order valence-corrected chi connectivity index (χ2v) is 8.39. The highest BCUT2D eigenvalue weighted by atomic mass is 127. The molecule has 0 aromatic carbocycles. The Labute approximate surface area is 168 Å². The molecule has 1 amide bonds. The van der Waals surface area contributed by atoms with Crippen LogP contribution in [0, 0.1) is 5.41 Å². The van der Waals surface area contributed by atoms with Gasteiger partial charge in [-0.05, 0) is 19.3 Å². The molecule has 10 heteroatoms. The van der Waals surface area contributed by atoms with Crippen LogP contribution in [0.4, 0.5) is 0 Å². The van der Waals surface area contributed by atoms with E-state index in [0.29, 0.717) is 32.0 Å². The van der Waals surface area contributed by atoms with Crippen LogP contribution in [0.3, 0.4) is 0 Å². The topological polar surface area (TPSA) is 103 Å². The highest BCUT2D eigenvalue weighted by molar-refractivity contribution is 14.0. The van der Waals surface area contributed by atoms with Crippen molar-refractivity contribution >= 4 is 45.9 Å². The van der Waals surface area contributed by atoms with Crippen LogP contribution in [0.25, 0.3) is 0 Å². The molecule has 0 aromatic heterocycles. The molecule has 25 heavy (non-hydrogen) atoms. The third kappa shape index (κ3) is 8.54. The molecule has 0 unspecified atom stereocenters. The molecule has 148 valence electrons. The molecule has 1 aliphatic carbocycles. The van der Waals surface area contributed by atoms with Crippen molar-refractivity contribution in [2.75, 3.05) is 47.0 Å². The lowest BCUT2D eigenvalue weighted by atomic mass is 9.84. The smallest absolute Gasteiger partial charge is 0.230 e. The van der Waals surface area contributed by atoms with E-state index in [4.69, 9.17) is 0 Å². The molecular weight excluding hydrogens is 457 g/mol. The second kappa shape index (κ2) is 11.2. The number of rotatable bonds is 8. The summed E-state index contributed by atoms with van der Waals surface area (Å²) in [5, 5.41) is 6.39. The maximum Gasteiger partial charge on any atom is 0.230 e. The quantitative estimate of drug-likeness (QED) is 0.198. The normalized spacial score (nSPS) is 16.9. The highest BCUT2D eigenvalue weighted by Crippen LogP contribution is 2.38. The number of aliphatic imine (C=N–C) groups is 1. The van der Waals surface area contributed by atoms with E-state index in [0.717, 1.165) is 31.9 Å². The van der Waals surface area contributed by atoms with E-state index in [9.17, 15) is 13.2 Å². The Morgan fingerprint density at radius 3 is 2.24 bits per heavy atom. The van der Waals surface area contributed by atoms with Gasteiger partial charge in [0, 0.05) is 40.8 Å². The summed E-state index contributed by atoms with van der Waals surface area (Å²) in [4.78, 5) is 18.3. The van der Waals surface area contributed by atoms with Gasteiger partial charge in [-0.25, -0.2) is 13.1 Å². The van der Waals surface area contributed by atoms with Crippen LogP contribution in [-0.2, 0) is 14.8 Å². The summed E-state index contributed by atoms with van der Waals surface area (Å²) in [5.41, 5.74) is -0.348. The number of carbonyl (C=O) groups excluding carboxylic acids is 1. The lowest BCUT2D eigenvalue weighted by Gasteiger charge is -2.31. The van der Waals surface area contributed by atoms with E-state index >= 15 is 0 Å². The Balaban J connectivity index is 0.00000576. The summed E-state index contributed by atoms with van der Waals surface area (Å²) in [6.45, 7) is 1.54. The summed E-state index contributed by atoms with van der Waals surface area (Å²) < 4.78 is 24.4. The fraction of sp³-hybridized carbons (Fsp3) is 0.867. The minimum absolute atomic E-state index is 0. The summed E-state index contributed by atoms with van der Waals surface area (Å²) in [5.74, 6) is 0.799. The Kier molecular flexibility index (Phi) is 10.9. The van der Waals surface area contributed by atoms with Crippen molar-refractivity contribution in [2.24, 2.45) is 10.4 Å². The number of hydrogen-bond donors (Lipinski definition) is 3. The van der Waals surface area contributed by atoms with Crippen molar-refractivity contribution < 1.29 is 13.2 Å². The molecule has 1 saturated carbocycles. The van der Waals surface area contributed by atoms with E-state index in [1.807, 2.05) is 0 Å². The van der Waals surface area contributed by atoms with Gasteiger partial charge in [0.25, 0.3) is 0 Å². The molecule has 0 aromatic rings. The predicted octanol–water partition coefficient (Wildman–Crippen LogP) is 0.357. The molecule has 0 atom stereocenters. The van der Waals surface area contributed by atoms with E-state index in [2.05, 4.69) is 20.3 Å². The largest absolute Gasteiger partial charge is 0.356 e. The van der Waals surface area contributed by atoms with Gasteiger partial charge < -0.3 is 15.5 Å². The monoisotopic (exact) mass is 489 g/mol. The Morgan fingerprint density at radius 1 is 1.16 bits per heavy atom. The standard InChI is InChI=1S/C15H31N5O3S.HI/c1-16-14(17-10-7-11-19-24(4,22)23)18-12-15(8-5-6-9-15)13(21)20(2)3;/h19H,5-12H2,1-4H3,(H2,16,17,18);1H. The first kappa shape index (κ1) is 24.4. The summed E-state index contributed by atoms with van der Waals surface area (Å²) in [7, 11) is 2.13. The van der Waals surface area contributed by atoms with Crippen LogP contribution >= 0.6 is 24.0 Å². The third-order valence-electron chi connectivity index (χ3n) is 4.25. The summed E-state index contributed by atoms with van der Waals surface area (Å²) >= 11 is 0. The summed E-state index contributed by atoms with van der Waals surface area (Å²) in [6, 6.07) is 0. The average Bonchev–Trinajstić information content (AvgIpc) is 2.98. The molecule has 0 heterocycles. The van der Waals surface area contributed by atoms with E-state index in [1.54, 1.807) is 26.0 Å². The lowest BCUT2D eigenvalue weighted by molar-refractivity contribution is -0.138. The van der Waals surface area contributed by atoms with Gasteiger partial charge in [-0.2, -0.15) is 0 Å². The zero-order chi connectivity index (χ0) is 18.2. The molecule has 3 N–H and O–H groups in total. The van der Waals surface area contributed by atoms with Crippen molar-refractivity contribution in [1.82, 2.24) is 20.3 Å². The van der Waals surface area contributed by atoms with E-state index in [-0.39, 0.29) is 35.3 Å². The van der Waals surface area contributed by atoms with Crippen LogP contribution in [-0.4, -0.2) is 72.2 Å². The second-order valence-electron chi connectivity index (χ2n) is 6.56. The van der Waals surface area contributed by atoms with Gasteiger partial charge in [0.15, 0.2) is 5.96 Å².